The van der Waals surface area contributed by atoms with E-state index in [0.717, 1.165) is 50.0 Å². The van der Waals surface area contributed by atoms with Gasteiger partial charge in [-0.25, -0.2) is 0 Å². The molecule has 83 heavy (non-hydrogen) atoms. The van der Waals surface area contributed by atoms with Crippen LogP contribution in [0.3, 0.4) is 0 Å². The van der Waals surface area contributed by atoms with Gasteiger partial charge in [0.25, 0.3) is 11.2 Å². The Hall–Kier alpha value is -5.60. The van der Waals surface area contributed by atoms with Crippen LogP contribution < -0.4 is 5.46 Å². The summed E-state index contributed by atoms with van der Waals surface area (Å²) in [7, 11) is 0.794. The first-order valence-electron chi connectivity index (χ1n) is 26.9. The quantitative estimate of drug-likeness (QED) is 0.0582. The molecule has 0 atom stereocenters. The largest absolute Gasteiger partial charge is 0.495 e. The van der Waals surface area contributed by atoms with Gasteiger partial charge < -0.3 is 24.3 Å². The molecule has 5 aromatic rings. The van der Waals surface area contributed by atoms with E-state index in [0.29, 0.717) is 59.5 Å². The normalized spacial score (nSPS) is 15.5. The maximum absolute atomic E-state index is 13.1. The Morgan fingerprint density at radius 1 is 0.542 bits per heavy atom. The molecule has 0 spiro atoms. The predicted molar refractivity (Wildman–Crippen MR) is 302 cm³/mol. The lowest BCUT2D eigenvalue weighted by Gasteiger charge is -2.34. The Morgan fingerprint density at radius 3 is 1.23 bits per heavy atom. The molecule has 1 aliphatic heterocycles. The molecule has 5 aromatic carbocycles. The van der Waals surface area contributed by atoms with Crippen LogP contribution >= 0.6 is 11.6 Å². The zero-order valence-electron chi connectivity index (χ0n) is 48.5. The first-order valence-corrected chi connectivity index (χ1v) is 27.2. The molecule has 6 rings (SSSR count). The van der Waals surface area contributed by atoms with Gasteiger partial charge in [0.15, 0.2) is 0 Å². The summed E-state index contributed by atoms with van der Waals surface area (Å²) in [5, 5.41) is 19.4. The van der Waals surface area contributed by atoms with E-state index in [1.807, 2.05) is 99.6 Å². The fraction of sp³-hybridized carbons (Fsp3) is 0.444. The minimum atomic E-state index is -5.93. The van der Waals surface area contributed by atoms with E-state index in [9.17, 15) is 67.7 Å². The first kappa shape index (κ1) is 68.2. The number of aliphatic hydroxyl groups is 2. The molecule has 0 aromatic heterocycles. The van der Waals surface area contributed by atoms with Gasteiger partial charge in [-0.05, 0) is 172 Å². The summed E-state index contributed by atoms with van der Waals surface area (Å²) >= 11 is 6.44. The minimum Gasteiger partial charge on any atom is -0.469 e. The molecule has 20 heteroatoms. The molecule has 1 saturated heterocycles. The van der Waals surface area contributed by atoms with Gasteiger partial charge in [0.1, 0.15) is 0 Å². The number of alkyl halides is 12. The van der Waals surface area contributed by atoms with E-state index in [1.165, 1.54) is 19.2 Å². The van der Waals surface area contributed by atoms with E-state index in [1.54, 1.807) is 50.2 Å². The average molecular weight is 1200 g/mol. The first-order chi connectivity index (χ1) is 38.1. The molecule has 2 N–H and O–H groups in total. The molecule has 0 unspecified atom stereocenters. The highest BCUT2D eigenvalue weighted by Gasteiger charge is 2.70. The van der Waals surface area contributed by atoms with Crippen LogP contribution in [0, 0.1) is 27.7 Å². The lowest BCUT2D eigenvalue weighted by Crippen LogP contribution is -2.55. The second-order valence-corrected chi connectivity index (χ2v) is 22.6. The maximum Gasteiger partial charge on any atom is 0.495 e. The Labute approximate surface area is 483 Å². The summed E-state index contributed by atoms with van der Waals surface area (Å²) in [5.74, 6) is -0.394. The number of methoxy groups -OCH3 is 1. The second-order valence-electron chi connectivity index (χ2n) is 22.2. The number of hydrogen-bond donors (Lipinski definition) is 2. The van der Waals surface area contributed by atoms with E-state index in [-0.39, 0.29) is 29.7 Å². The van der Waals surface area contributed by atoms with Crippen molar-refractivity contribution in [3.05, 3.63) is 169 Å². The minimum absolute atomic E-state index is 0.0581. The molecule has 0 amide bonds. The van der Waals surface area contributed by atoms with Crippen LogP contribution in [0.25, 0.3) is 23.3 Å². The van der Waals surface area contributed by atoms with E-state index in [2.05, 4.69) is 12.1 Å². The molecular weight excluding hydrogens is 1130 g/mol. The van der Waals surface area contributed by atoms with Crippen LogP contribution in [-0.2, 0) is 36.1 Å². The smallest absolute Gasteiger partial charge is 0.469 e. The third-order valence-electron chi connectivity index (χ3n) is 16.8. The summed E-state index contributed by atoms with van der Waals surface area (Å²) in [5.41, 5.74) is -1.51. The Bertz CT molecular complexity index is 3140. The van der Waals surface area contributed by atoms with Crippen LogP contribution in [-0.4, -0.2) is 77.5 Å². The van der Waals surface area contributed by atoms with Crippen molar-refractivity contribution in [3.63, 3.8) is 0 Å². The summed E-state index contributed by atoms with van der Waals surface area (Å²) in [4.78, 5) is 11.7. The SMILES string of the molecule is CCC(CC)(c1ccc(/C=C/C(O)(C(F)(F)F)C(F)(F)F)c(C)c1)c1ccc(-c2ccc(CC(=O)OC)c(Cl)c2)c(C)c1.CCC(CC)(c1ccc(/C=C/C(O)(C(F)(F)F)C(F)(F)F)c(C)c1)c1ccc(B2OC(C)(C)C(C)(C)O2)c(C)c1. The Morgan fingerprint density at radius 2 is 0.904 bits per heavy atom. The number of halogens is 13. The summed E-state index contributed by atoms with van der Waals surface area (Å²) < 4.78 is 175. The van der Waals surface area contributed by atoms with Crippen molar-refractivity contribution in [2.75, 3.05) is 7.11 Å². The van der Waals surface area contributed by atoms with Gasteiger partial charge in [-0.3, -0.25) is 4.79 Å². The van der Waals surface area contributed by atoms with Gasteiger partial charge in [0, 0.05) is 15.9 Å². The molecule has 0 aliphatic carbocycles. The molecule has 1 aliphatic rings. The van der Waals surface area contributed by atoms with Gasteiger partial charge >= 0.3 is 37.8 Å². The molecular formula is C63H70BClF12O6. The summed E-state index contributed by atoms with van der Waals surface area (Å²) in [6.45, 7) is 23.2. The molecule has 452 valence electrons. The second kappa shape index (κ2) is 24.8. The highest BCUT2D eigenvalue weighted by atomic mass is 35.5. The average Bonchev–Trinajstić information content (AvgIpc) is 3.91. The number of ether oxygens (including phenoxy) is 1. The van der Waals surface area contributed by atoms with Crippen molar-refractivity contribution < 1.29 is 81.7 Å². The molecule has 0 radical (unpaired) electrons. The van der Waals surface area contributed by atoms with Gasteiger partial charge in [-0.15, -0.1) is 0 Å². The number of carbonyl (C=O) groups is 1. The molecule has 1 heterocycles. The molecule has 0 bridgehead atoms. The zero-order valence-corrected chi connectivity index (χ0v) is 49.3. The third kappa shape index (κ3) is 13.6. The van der Waals surface area contributed by atoms with Gasteiger partial charge in [-0.2, -0.15) is 52.7 Å². The highest BCUT2D eigenvalue weighted by Crippen LogP contribution is 2.48. The van der Waals surface area contributed by atoms with Crippen molar-refractivity contribution in [1.82, 2.24) is 0 Å². The number of carbonyl (C=O) groups excluding carboxylic acids is 1. The number of aryl methyl sites for hydroxylation is 4. The molecule has 6 nitrogen and oxygen atoms in total. The fourth-order valence-corrected chi connectivity index (χ4v) is 10.7. The highest BCUT2D eigenvalue weighted by molar-refractivity contribution is 6.62. The number of benzene rings is 5. The van der Waals surface area contributed by atoms with Crippen molar-refractivity contribution in [3.8, 4) is 11.1 Å². The van der Waals surface area contributed by atoms with Gasteiger partial charge in [-0.1, -0.05) is 142 Å². The summed E-state index contributed by atoms with van der Waals surface area (Å²) in [6.07, 6.45) is -20.1. The Balaban J connectivity index is 0.000000305. The van der Waals surface area contributed by atoms with E-state index >= 15 is 0 Å². The van der Waals surface area contributed by atoms with Gasteiger partial charge in [0.05, 0.1) is 24.7 Å². The lowest BCUT2D eigenvalue weighted by atomic mass is 9.68. The van der Waals surface area contributed by atoms with Crippen molar-refractivity contribution >= 4 is 42.3 Å². The van der Waals surface area contributed by atoms with Crippen molar-refractivity contribution in [2.45, 2.75) is 173 Å². The Kier molecular flexibility index (Phi) is 20.4. The summed E-state index contributed by atoms with van der Waals surface area (Å²) in [6, 6.07) is 27.5. The van der Waals surface area contributed by atoms with Crippen LogP contribution in [0.1, 0.15) is 142 Å². The van der Waals surface area contributed by atoms with E-state index in [4.69, 9.17) is 25.6 Å². The topological polar surface area (TPSA) is 85.2 Å². The fourth-order valence-electron chi connectivity index (χ4n) is 10.5. The van der Waals surface area contributed by atoms with Crippen LogP contribution in [0.5, 0.6) is 0 Å². The number of hydrogen-bond acceptors (Lipinski definition) is 6. The predicted octanol–water partition coefficient (Wildman–Crippen LogP) is 16.9. The third-order valence-corrected chi connectivity index (χ3v) is 17.2. The molecule has 0 saturated carbocycles. The number of rotatable bonds is 16. The van der Waals surface area contributed by atoms with Crippen LogP contribution in [0.2, 0.25) is 5.02 Å². The van der Waals surface area contributed by atoms with Crippen LogP contribution in [0.15, 0.2) is 103 Å². The van der Waals surface area contributed by atoms with E-state index < -0.39 is 71.0 Å². The van der Waals surface area contributed by atoms with Crippen LogP contribution in [0.4, 0.5) is 52.7 Å². The zero-order chi connectivity index (χ0) is 62.9. The lowest BCUT2D eigenvalue weighted by molar-refractivity contribution is -0.348. The van der Waals surface area contributed by atoms with Crippen molar-refractivity contribution in [1.29, 1.82) is 0 Å². The molecule has 1 fully saturated rings. The van der Waals surface area contributed by atoms with Gasteiger partial charge in [0.2, 0.25) is 0 Å². The maximum atomic E-state index is 13.1. The number of esters is 1. The standard InChI is InChI=1S/C33H33ClF6O3.C30H37BF6O3/c1-6-30(7-2,25-11-10-22(20(3)16-25)14-15-31(42,32(35,36)37)33(38,39)40)26-12-13-27(21(4)17-26)23-8-9-24(28(34)18-23)19-29(41)43-5;1-9-27(10-2,23-13-14-24(20(4)18-23)31-39-25(5,6)26(7,8)40-31)22-12-11-21(19(3)17-22)15-16-28(38,29(32,33)34)30(35,36)37/h8-18,42H,6-7,19H2,1-5H3;11-18,38H,9-10H2,1-8H3/b15-14+;16-15+. The van der Waals surface area contributed by atoms with Crippen molar-refractivity contribution in [2.24, 2.45) is 0 Å². The monoisotopic (exact) mass is 1200 g/mol.